The molecule has 0 spiro atoms. The molecule has 2 N–H and O–H groups in total. The van der Waals surface area contributed by atoms with Gasteiger partial charge in [-0.2, -0.15) is 5.10 Å². The standard InChI is InChI=1S/C14H27N3O/c1-9(7-10(2)18)8-15-11(3)14-12(4)16-17(6)13(14)5/h9-11,15,18H,7-8H2,1-6H3. The second kappa shape index (κ2) is 6.34. The third-order valence-corrected chi connectivity index (χ3v) is 3.51. The van der Waals surface area contributed by atoms with Gasteiger partial charge in [0.25, 0.3) is 0 Å². The Hall–Kier alpha value is -0.870. The highest BCUT2D eigenvalue weighted by Crippen LogP contribution is 2.21. The van der Waals surface area contributed by atoms with E-state index in [4.69, 9.17) is 0 Å². The van der Waals surface area contributed by atoms with Crippen molar-refractivity contribution in [3.05, 3.63) is 17.0 Å². The molecule has 1 aromatic rings. The second-order valence-corrected chi connectivity index (χ2v) is 5.53. The molecule has 4 nitrogen and oxygen atoms in total. The molecular formula is C14H27N3O. The molecule has 0 aliphatic rings. The molecule has 0 radical (unpaired) electrons. The number of aromatic nitrogens is 2. The number of nitrogens with zero attached hydrogens (tertiary/aromatic N) is 2. The van der Waals surface area contributed by atoms with Crippen molar-refractivity contribution < 1.29 is 5.11 Å². The largest absolute Gasteiger partial charge is 0.393 e. The summed E-state index contributed by atoms with van der Waals surface area (Å²) in [5.74, 6) is 0.477. The Kier molecular flexibility index (Phi) is 5.35. The van der Waals surface area contributed by atoms with Crippen molar-refractivity contribution in [3.8, 4) is 0 Å². The quantitative estimate of drug-likeness (QED) is 0.816. The first kappa shape index (κ1) is 15.2. The fourth-order valence-corrected chi connectivity index (χ4v) is 2.56. The molecule has 104 valence electrons. The normalized spacial score (nSPS) is 16.6. The van der Waals surface area contributed by atoms with Gasteiger partial charge in [0.05, 0.1) is 11.8 Å². The Balaban J connectivity index is 2.57. The molecule has 3 atom stereocenters. The van der Waals surface area contributed by atoms with E-state index < -0.39 is 0 Å². The number of hydrogen-bond donors (Lipinski definition) is 2. The lowest BCUT2D eigenvalue weighted by atomic mass is 10.0. The summed E-state index contributed by atoms with van der Waals surface area (Å²) in [5, 5.41) is 17.3. The van der Waals surface area contributed by atoms with Crippen molar-refractivity contribution >= 4 is 0 Å². The van der Waals surface area contributed by atoms with Crippen molar-refractivity contribution in [2.75, 3.05) is 6.54 Å². The lowest BCUT2D eigenvalue weighted by Gasteiger charge is -2.19. The van der Waals surface area contributed by atoms with Crippen LogP contribution in [-0.2, 0) is 7.05 Å². The molecule has 0 aliphatic heterocycles. The minimum atomic E-state index is -0.223. The molecule has 0 saturated carbocycles. The van der Waals surface area contributed by atoms with E-state index in [1.54, 1.807) is 0 Å². The average molecular weight is 253 g/mol. The zero-order chi connectivity index (χ0) is 13.9. The first-order valence-electron chi connectivity index (χ1n) is 6.74. The van der Waals surface area contributed by atoms with E-state index in [-0.39, 0.29) is 6.10 Å². The average Bonchev–Trinajstić information content (AvgIpc) is 2.49. The molecule has 0 aliphatic carbocycles. The molecule has 0 saturated heterocycles. The summed E-state index contributed by atoms with van der Waals surface area (Å²) in [6.07, 6.45) is 0.615. The van der Waals surface area contributed by atoms with Gasteiger partial charge >= 0.3 is 0 Å². The Morgan fingerprint density at radius 2 is 1.89 bits per heavy atom. The van der Waals surface area contributed by atoms with E-state index in [2.05, 4.69) is 38.1 Å². The van der Waals surface area contributed by atoms with Crippen molar-refractivity contribution in [1.29, 1.82) is 0 Å². The third-order valence-electron chi connectivity index (χ3n) is 3.51. The first-order valence-corrected chi connectivity index (χ1v) is 6.74. The molecular weight excluding hydrogens is 226 g/mol. The van der Waals surface area contributed by atoms with Crippen molar-refractivity contribution in [2.24, 2.45) is 13.0 Å². The first-order chi connectivity index (χ1) is 8.32. The monoisotopic (exact) mass is 253 g/mol. The fraction of sp³-hybridized carbons (Fsp3) is 0.786. The summed E-state index contributed by atoms with van der Waals surface area (Å²) < 4.78 is 1.93. The van der Waals surface area contributed by atoms with E-state index in [0.29, 0.717) is 12.0 Å². The van der Waals surface area contributed by atoms with E-state index in [9.17, 15) is 5.11 Å². The van der Waals surface area contributed by atoms with Crippen molar-refractivity contribution in [3.63, 3.8) is 0 Å². The van der Waals surface area contributed by atoms with Crippen LogP contribution < -0.4 is 5.32 Å². The molecule has 18 heavy (non-hydrogen) atoms. The zero-order valence-electron chi connectivity index (χ0n) is 12.5. The number of nitrogens with one attached hydrogen (secondary N) is 1. The number of aliphatic hydroxyl groups excluding tert-OH is 1. The maximum absolute atomic E-state index is 9.36. The Labute approximate surface area is 110 Å². The van der Waals surface area contributed by atoms with Gasteiger partial charge in [0, 0.05) is 24.3 Å². The molecule has 0 amide bonds. The highest BCUT2D eigenvalue weighted by Gasteiger charge is 2.16. The maximum atomic E-state index is 9.36. The summed E-state index contributed by atoms with van der Waals surface area (Å²) in [6, 6.07) is 0.301. The lowest BCUT2D eigenvalue weighted by molar-refractivity contribution is 0.162. The van der Waals surface area contributed by atoms with Crippen molar-refractivity contribution in [2.45, 2.75) is 53.2 Å². The minimum Gasteiger partial charge on any atom is -0.393 e. The lowest BCUT2D eigenvalue weighted by Crippen LogP contribution is -2.26. The molecule has 1 rings (SSSR count). The van der Waals surface area contributed by atoms with Crippen LogP contribution in [0.3, 0.4) is 0 Å². The van der Waals surface area contributed by atoms with E-state index in [0.717, 1.165) is 18.7 Å². The van der Waals surface area contributed by atoms with E-state index >= 15 is 0 Å². The van der Waals surface area contributed by atoms with E-state index in [1.807, 2.05) is 18.7 Å². The van der Waals surface area contributed by atoms with Gasteiger partial charge in [-0.05, 0) is 46.6 Å². The van der Waals surface area contributed by atoms with Crippen molar-refractivity contribution in [1.82, 2.24) is 15.1 Å². The SMILES string of the molecule is Cc1nn(C)c(C)c1C(C)NCC(C)CC(C)O. The summed E-state index contributed by atoms with van der Waals surface area (Å²) in [4.78, 5) is 0. The molecule has 0 aromatic carbocycles. The van der Waals surface area contributed by atoms with Gasteiger partial charge in [-0.1, -0.05) is 6.92 Å². The van der Waals surface area contributed by atoms with Gasteiger partial charge in [0.2, 0.25) is 0 Å². The second-order valence-electron chi connectivity index (χ2n) is 5.53. The smallest absolute Gasteiger partial charge is 0.0644 e. The molecule has 1 aromatic heterocycles. The number of aliphatic hydroxyl groups is 1. The van der Waals surface area contributed by atoms with Gasteiger partial charge in [0.15, 0.2) is 0 Å². The summed E-state index contributed by atoms with van der Waals surface area (Å²) in [6.45, 7) is 11.3. The van der Waals surface area contributed by atoms with E-state index in [1.165, 1.54) is 11.3 Å². The van der Waals surface area contributed by atoms with Crippen LogP contribution in [0.4, 0.5) is 0 Å². The summed E-state index contributed by atoms with van der Waals surface area (Å²) >= 11 is 0. The van der Waals surface area contributed by atoms with Crippen LogP contribution in [0.1, 0.15) is 50.2 Å². The van der Waals surface area contributed by atoms with Gasteiger partial charge < -0.3 is 10.4 Å². The van der Waals surface area contributed by atoms with Gasteiger partial charge in [-0.15, -0.1) is 0 Å². The fourth-order valence-electron chi connectivity index (χ4n) is 2.56. The zero-order valence-corrected chi connectivity index (χ0v) is 12.5. The van der Waals surface area contributed by atoms with Crippen LogP contribution in [0.2, 0.25) is 0 Å². The third kappa shape index (κ3) is 3.82. The predicted molar refractivity (Wildman–Crippen MR) is 74.6 cm³/mol. The predicted octanol–water partition coefficient (Wildman–Crippen LogP) is 2.09. The van der Waals surface area contributed by atoms with Crippen LogP contribution in [0.5, 0.6) is 0 Å². The molecule has 1 heterocycles. The number of hydrogen-bond acceptors (Lipinski definition) is 3. The Morgan fingerprint density at radius 1 is 1.28 bits per heavy atom. The molecule has 0 fully saturated rings. The van der Waals surface area contributed by atoms with Crippen LogP contribution >= 0.6 is 0 Å². The number of aryl methyl sites for hydroxylation is 2. The van der Waals surface area contributed by atoms with Crippen LogP contribution in [0.25, 0.3) is 0 Å². The van der Waals surface area contributed by atoms with Gasteiger partial charge in [-0.3, -0.25) is 4.68 Å². The van der Waals surface area contributed by atoms with Crippen LogP contribution in [-0.4, -0.2) is 27.5 Å². The summed E-state index contributed by atoms with van der Waals surface area (Å²) in [5.41, 5.74) is 3.61. The molecule has 4 heteroatoms. The topological polar surface area (TPSA) is 50.1 Å². The molecule has 0 bridgehead atoms. The van der Waals surface area contributed by atoms with Crippen LogP contribution in [0.15, 0.2) is 0 Å². The maximum Gasteiger partial charge on any atom is 0.0644 e. The number of rotatable bonds is 6. The van der Waals surface area contributed by atoms with Gasteiger partial charge in [0.1, 0.15) is 0 Å². The Morgan fingerprint density at radius 3 is 2.33 bits per heavy atom. The Bertz CT molecular complexity index is 385. The summed E-state index contributed by atoms with van der Waals surface area (Å²) in [7, 11) is 1.98. The minimum absolute atomic E-state index is 0.223. The highest BCUT2D eigenvalue weighted by atomic mass is 16.3. The highest BCUT2D eigenvalue weighted by molar-refractivity contribution is 5.27. The molecule has 3 unspecified atom stereocenters. The van der Waals surface area contributed by atoms with Crippen LogP contribution in [0, 0.1) is 19.8 Å². The van der Waals surface area contributed by atoms with Gasteiger partial charge in [-0.25, -0.2) is 0 Å².